The van der Waals surface area contributed by atoms with E-state index in [0.29, 0.717) is 12.1 Å². The Morgan fingerprint density at radius 3 is 2.53 bits per heavy atom. The Bertz CT molecular complexity index is 890. The molecule has 2 rings (SSSR count). The zero-order chi connectivity index (χ0) is 25.4. The van der Waals surface area contributed by atoms with Crippen LogP contribution in [0.25, 0.3) is 0 Å². The molecule has 1 saturated heterocycles. The van der Waals surface area contributed by atoms with Gasteiger partial charge in [-0.1, -0.05) is 0 Å². The molecule has 34 heavy (non-hydrogen) atoms. The summed E-state index contributed by atoms with van der Waals surface area (Å²) in [7, 11) is 0. The minimum absolute atomic E-state index is 0.119. The number of imidazole rings is 1. The molecule has 14 nitrogen and oxygen atoms in total. The fraction of sp³-hybridized carbons (Fsp3) is 0.600. The molecule has 188 valence electrons. The lowest BCUT2D eigenvalue weighted by Crippen LogP contribution is -2.59. The summed E-state index contributed by atoms with van der Waals surface area (Å²) in [5.41, 5.74) is 6.50. The molecule has 8 N–H and O–H groups in total. The molecule has 5 atom stereocenters. The number of aliphatic hydroxyl groups is 1. The van der Waals surface area contributed by atoms with Gasteiger partial charge in [-0.25, -0.2) is 9.78 Å². The highest BCUT2D eigenvalue weighted by Crippen LogP contribution is 2.20. The van der Waals surface area contributed by atoms with E-state index in [4.69, 9.17) is 10.8 Å². The number of carboxylic acids is 2. The first-order valence-corrected chi connectivity index (χ1v) is 10.8. The maximum Gasteiger partial charge on any atom is 0.326 e. The number of H-pyrrole nitrogens is 1. The lowest BCUT2D eigenvalue weighted by Gasteiger charge is -2.31. The number of nitrogens with zero attached hydrogens (tertiary/aromatic N) is 2. The topological polar surface area (TPSA) is 228 Å². The number of aromatic amines is 1. The van der Waals surface area contributed by atoms with Crippen LogP contribution in [-0.4, -0.2) is 96.7 Å². The number of carboxylic acid groups (broad SMARTS) is 2. The summed E-state index contributed by atoms with van der Waals surface area (Å²) in [4.78, 5) is 68.3. The van der Waals surface area contributed by atoms with Gasteiger partial charge in [0, 0.05) is 31.3 Å². The Balaban J connectivity index is 2.06. The van der Waals surface area contributed by atoms with E-state index in [1.165, 1.54) is 24.3 Å². The fourth-order valence-corrected chi connectivity index (χ4v) is 3.65. The van der Waals surface area contributed by atoms with E-state index in [-0.39, 0.29) is 25.8 Å². The van der Waals surface area contributed by atoms with Crippen molar-refractivity contribution in [3.05, 3.63) is 18.2 Å². The van der Waals surface area contributed by atoms with Crippen molar-refractivity contribution in [3.8, 4) is 0 Å². The van der Waals surface area contributed by atoms with E-state index in [2.05, 4.69) is 20.6 Å². The highest BCUT2D eigenvalue weighted by atomic mass is 16.4. The molecule has 0 bridgehead atoms. The van der Waals surface area contributed by atoms with Crippen LogP contribution >= 0.6 is 0 Å². The Morgan fingerprint density at radius 1 is 1.26 bits per heavy atom. The number of nitrogens with one attached hydrogen (secondary N) is 3. The van der Waals surface area contributed by atoms with Crippen LogP contribution in [0.5, 0.6) is 0 Å². The molecule has 0 radical (unpaired) electrons. The third-order valence-corrected chi connectivity index (χ3v) is 5.48. The van der Waals surface area contributed by atoms with Crippen LogP contribution in [0.15, 0.2) is 12.5 Å². The van der Waals surface area contributed by atoms with Gasteiger partial charge in [-0.15, -0.1) is 0 Å². The number of aliphatic carboxylic acids is 2. The number of nitrogens with two attached hydrogens (primary N) is 1. The molecule has 1 aromatic rings. The van der Waals surface area contributed by atoms with Crippen LogP contribution in [0.1, 0.15) is 38.3 Å². The first-order chi connectivity index (χ1) is 16.0. The van der Waals surface area contributed by atoms with Gasteiger partial charge >= 0.3 is 11.9 Å². The minimum atomic E-state index is -1.44. The van der Waals surface area contributed by atoms with Gasteiger partial charge in [0.05, 0.1) is 18.5 Å². The van der Waals surface area contributed by atoms with Gasteiger partial charge in [0.2, 0.25) is 17.7 Å². The van der Waals surface area contributed by atoms with Crippen molar-refractivity contribution in [2.24, 2.45) is 5.73 Å². The summed E-state index contributed by atoms with van der Waals surface area (Å²) in [6.45, 7) is 1.46. The smallest absolute Gasteiger partial charge is 0.326 e. The lowest BCUT2D eigenvalue weighted by molar-refractivity contribution is -0.146. The SMILES string of the molecule is CC(O)C(NC(=O)C(N)Cc1cnc[nH]1)C(=O)N1CCCC1C(=O)NC(CCC(=O)O)C(=O)O. The van der Waals surface area contributed by atoms with Gasteiger partial charge in [-0.05, 0) is 26.2 Å². The van der Waals surface area contributed by atoms with Gasteiger partial charge in [-0.3, -0.25) is 19.2 Å². The van der Waals surface area contributed by atoms with Crippen molar-refractivity contribution in [2.75, 3.05) is 6.54 Å². The highest BCUT2D eigenvalue weighted by molar-refractivity contribution is 5.94. The van der Waals surface area contributed by atoms with Crippen molar-refractivity contribution >= 4 is 29.7 Å². The highest BCUT2D eigenvalue weighted by Gasteiger charge is 2.40. The number of hydrogen-bond donors (Lipinski definition) is 7. The molecule has 1 aromatic heterocycles. The van der Waals surface area contributed by atoms with Gasteiger partial charge in [0.15, 0.2) is 0 Å². The zero-order valence-electron chi connectivity index (χ0n) is 18.6. The van der Waals surface area contributed by atoms with Crippen molar-refractivity contribution in [3.63, 3.8) is 0 Å². The molecule has 3 amide bonds. The molecule has 2 heterocycles. The molecule has 5 unspecified atom stereocenters. The van der Waals surface area contributed by atoms with E-state index in [0.717, 1.165) is 0 Å². The van der Waals surface area contributed by atoms with Crippen molar-refractivity contribution in [1.82, 2.24) is 25.5 Å². The van der Waals surface area contributed by atoms with Crippen molar-refractivity contribution in [2.45, 2.75) is 69.3 Å². The largest absolute Gasteiger partial charge is 0.481 e. The first kappa shape index (κ1) is 26.7. The number of carbonyl (C=O) groups excluding carboxylic acids is 3. The van der Waals surface area contributed by atoms with Crippen LogP contribution in [0.3, 0.4) is 0 Å². The Kier molecular flexibility index (Phi) is 9.50. The predicted molar refractivity (Wildman–Crippen MR) is 115 cm³/mol. The third kappa shape index (κ3) is 7.25. The lowest BCUT2D eigenvalue weighted by atomic mass is 10.1. The molecule has 1 fully saturated rings. The van der Waals surface area contributed by atoms with E-state index >= 15 is 0 Å². The van der Waals surface area contributed by atoms with Crippen molar-refractivity contribution in [1.29, 1.82) is 0 Å². The Labute approximate surface area is 194 Å². The normalized spacial score (nSPS) is 19.0. The van der Waals surface area contributed by atoms with Crippen LogP contribution in [0.2, 0.25) is 0 Å². The average molecular weight is 482 g/mol. The van der Waals surface area contributed by atoms with Gasteiger partial charge in [0.1, 0.15) is 18.1 Å². The molecular weight excluding hydrogens is 452 g/mol. The second-order valence-electron chi connectivity index (χ2n) is 8.14. The summed E-state index contributed by atoms with van der Waals surface area (Å²) in [5.74, 6) is -4.76. The number of aromatic nitrogens is 2. The van der Waals surface area contributed by atoms with Gasteiger partial charge < -0.3 is 41.6 Å². The summed E-state index contributed by atoms with van der Waals surface area (Å²) >= 11 is 0. The molecule has 0 aromatic carbocycles. The monoisotopic (exact) mass is 482 g/mol. The quantitative estimate of drug-likeness (QED) is 0.166. The standard InChI is InChI=1S/C20H30N6O8/c1-10(27)16(25-17(30)12(21)7-11-8-22-9-23-11)19(32)26-6-2-3-14(26)18(31)24-13(20(33)34)4-5-15(28)29/h8-10,12-14,16,27H,2-7,21H2,1H3,(H,22,23)(H,24,31)(H,25,30)(H,28,29)(H,33,34). The second-order valence-corrected chi connectivity index (χ2v) is 8.14. The van der Waals surface area contributed by atoms with Crippen LogP contribution < -0.4 is 16.4 Å². The Hall–Kier alpha value is -3.52. The molecule has 1 aliphatic heterocycles. The minimum Gasteiger partial charge on any atom is -0.481 e. The summed E-state index contributed by atoms with van der Waals surface area (Å²) in [6.07, 6.45) is 1.64. The van der Waals surface area contributed by atoms with E-state index in [9.17, 15) is 34.2 Å². The van der Waals surface area contributed by atoms with E-state index in [1.54, 1.807) is 0 Å². The van der Waals surface area contributed by atoms with E-state index < -0.39 is 66.4 Å². The number of likely N-dealkylation sites (tertiary alicyclic amines) is 1. The predicted octanol–water partition coefficient (Wildman–Crippen LogP) is -2.43. The Morgan fingerprint density at radius 2 is 1.97 bits per heavy atom. The molecule has 0 saturated carbocycles. The molecule has 14 heteroatoms. The average Bonchev–Trinajstić information content (AvgIpc) is 3.45. The van der Waals surface area contributed by atoms with E-state index in [1.807, 2.05) is 0 Å². The molecule has 1 aliphatic rings. The fourth-order valence-electron chi connectivity index (χ4n) is 3.65. The summed E-state index contributed by atoms with van der Waals surface area (Å²) in [5, 5.41) is 32.9. The molecule has 0 aliphatic carbocycles. The summed E-state index contributed by atoms with van der Waals surface area (Å²) in [6, 6.07) is -4.88. The number of amides is 3. The van der Waals surface area contributed by atoms with Crippen molar-refractivity contribution < 1.29 is 39.3 Å². The second kappa shape index (κ2) is 12.1. The number of rotatable bonds is 12. The third-order valence-electron chi connectivity index (χ3n) is 5.48. The number of aliphatic hydroxyl groups excluding tert-OH is 1. The number of hydrogen-bond acceptors (Lipinski definition) is 8. The van der Waals surface area contributed by atoms with Crippen LogP contribution in [0.4, 0.5) is 0 Å². The zero-order valence-corrected chi connectivity index (χ0v) is 18.6. The molecular formula is C20H30N6O8. The van der Waals surface area contributed by atoms with Gasteiger partial charge in [-0.2, -0.15) is 0 Å². The molecule has 0 spiro atoms. The maximum atomic E-state index is 13.1. The maximum absolute atomic E-state index is 13.1. The van der Waals surface area contributed by atoms with Crippen LogP contribution in [-0.2, 0) is 30.4 Å². The number of carbonyl (C=O) groups is 5. The summed E-state index contributed by atoms with van der Waals surface area (Å²) < 4.78 is 0. The van der Waals surface area contributed by atoms with Gasteiger partial charge in [0.25, 0.3) is 0 Å². The first-order valence-electron chi connectivity index (χ1n) is 10.8. The van der Waals surface area contributed by atoms with Crippen LogP contribution in [0, 0.1) is 0 Å².